The first kappa shape index (κ1) is 27.5. The molecule has 0 radical (unpaired) electrons. The van der Waals surface area contributed by atoms with Gasteiger partial charge < -0.3 is 18.9 Å². The first-order valence-electron chi connectivity index (χ1n) is 12.2. The number of benzene rings is 2. The van der Waals surface area contributed by atoms with Crippen LogP contribution in [0.15, 0.2) is 82.0 Å². The van der Waals surface area contributed by atoms with Gasteiger partial charge in [0.15, 0.2) is 0 Å². The van der Waals surface area contributed by atoms with Crippen LogP contribution in [0.1, 0.15) is 45.8 Å². The predicted octanol–water partition coefficient (Wildman–Crippen LogP) is 6.29. The van der Waals surface area contributed by atoms with Gasteiger partial charge >= 0.3 is 11.9 Å². The second-order valence-electron chi connectivity index (χ2n) is 8.19. The molecule has 0 bridgehead atoms. The van der Waals surface area contributed by atoms with E-state index in [9.17, 15) is 14.4 Å². The van der Waals surface area contributed by atoms with Crippen molar-refractivity contribution in [2.75, 3.05) is 24.7 Å². The average molecular weight is 596 g/mol. The molecule has 0 saturated carbocycles. The molecule has 2 heterocycles. The van der Waals surface area contributed by atoms with Crippen molar-refractivity contribution in [1.82, 2.24) is 4.57 Å². The Balaban J connectivity index is 1.77. The maximum absolute atomic E-state index is 13.5. The van der Waals surface area contributed by atoms with Gasteiger partial charge in [-0.3, -0.25) is 4.79 Å². The molecule has 3 aromatic rings. The molecular weight excluding hydrogens is 568 g/mol. The van der Waals surface area contributed by atoms with Crippen molar-refractivity contribution in [2.45, 2.75) is 20.4 Å². The van der Waals surface area contributed by atoms with Crippen molar-refractivity contribution in [3.63, 3.8) is 0 Å². The lowest BCUT2D eigenvalue weighted by atomic mass is 10.1. The van der Waals surface area contributed by atoms with Gasteiger partial charge in [0.1, 0.15) is 11.4 Å². The molecule has 2 aromatic carbocycles. The number of aromatic nitrogens is 1. The SMILES string of the molecule is CCOC(=O)/C=C\S/C=C(/c1ccccc1)N1CCn2c(C(=O)c3ccc(Br)cc3)cc(C(=O)OCC)c21. The number of thioether (sulfide) groups is 1. The minimum atomic E-state index is -0.486. The zero-order chi connectivity index (χ0) is 27.1. The summed E-state index contributed by atoms with van der Waals surface area (Å²) >= 11 is 4.73. The lowest BCUT2D eigenvalue weighted by molar-refractivity contribution is -0.137. The van der Waals surface area contributed by atoms with Crippen LogP contribution in [-0.4, -0.2) is 42.0 Å². The van der Waals surface area contributed by atoms with Gasteiger partial charge in [-0.25, -0.2) is 9.59 Å². The monoisotopic (exact) mass is 594 g/mol. The second-order valence-corrected chi connectivity index (χ2v) is 9.88. The molecule has 0 N–H and O–H groups in total. The molecule has 0 aliphatic carbocycles. The topological polar surface area (TPSA) is 77.8 Å². The van der Waals surface area contributed by atoms with Gasteiger partial charge in [-0.2, -0.15) is 0 Å². The Morgan fingerprint density at radius 2 is 1.66 bits per heavy atom. The summed E-state index contributed by atoms with van der Waals surface area (Å²) in [5, 5.41) is 3.57. The van der Waals surface area contributed by atoms with Crippen molar-refractivity contribution >= 4 is 56.9 Å². The quantitative estimate of drug-likeness (QED) is 0.155. The molecule has 0 unspecified atom stereocenters. The molecule has 38 heavy (non-hydrogen) atoms. The summed E-state index contributed by atoms with van der Waals surface area (Å²) in [6.07, 6.45) is 1.37. The van der Waals surface area contributed by atoms with Gasteiger partial charge in [-0.05, 0) is 60.6 Å². The van der Waals surface area contributed by atoms with Crippen molar-refractivity contribution in [1.29, 1.82) is 0 Å². The summed E-state index contributed by atoms with van der Waals surface area (Å²) in [5.41, 5.74) is 3.04. The molecule has 1 aliphatic rings. The Labute approximate surface area is 234 Å². The van der Waals surface area contributed by atoms with E-state index < -0.39 is 11.9 Å². The third-order valence-electron chi connectivity index (χ3n) is 5.82. The van der Waals surface area contributed by atoms with Crippen LogP contribution in [0.3, 0.4) is 0 Å². The average Bonchev–Trinajstić information content (AvgIpc) is 3.51. The van der Waals surface area contributed by atoms with Crippen LogP contribution in [0.25, 0.3) is 5.70 Å². The van der Waals surface area contributed by atoms with E-state index in [1.165, 1.54) is 17.8 Å². The van der Waals surface area contributed by atoms with E-state index in [0.717, 1.165) is 15.7 Å². The normalized spacial score (nSPS) is 13.0. The number of hydrogen-bond acceptors (Lipinski definition) is 7. The number of carbonyl (C=O) groups excluding carboxylic acids is 3. The Hall–Kier alpha value is -3.56. The van der Waals surface area contributed by atoms with E-state index in [1.54, 1.807) is 37.5 Å². The number of ketones is 1. The molecular formula is C29H27BrN2O5S. The highest BCUT2D eigenvalue weighted by Crippen LogP contribution is 2.38. The lowest BCUT2D eigenvalue weighted by Gasteiger charge is -2.23. The number of fused-ring (bicyclic) bond motifs is 1. The summed E-state index contributed by atoms with van der Waals surface area (Å²) < 4.78 is 13.1. The molecule has 0 spiro atoms. The van der Waals surface area contributed by atoms with Crippen LogP contribution in [-0.2, 0) is 20.8 Å². The number of rotatable bonds is 10. The lowest BCUT2D eigenvalue weighted by Crippen LogP contribution is -2.21. The third kappa shape index (κ3) is 6.11. The van der Waals surface area contributed by atoms with Crippen molar-refractivity contribution in [3.8, 4) is 0 Å². The highest BCUT2D eigenvalue weighted by Gasteiger charge is 2.34. The van der Waals surface area contributed by atoms with E-state index in [-0.39, 0.29) is 12.4 Å². The van der Waals surface area contributed by atoms with Gasteiger partial charge in [0.25, 0.3) is 0 Å². The zero-order valence-electron chi connectivity index (χ0n) is 21.1. The maximum Gasteiger partial charge on any atom is 0.341 e. The number of anilines is 1. The van der Waals surface area contributed by atoms with Crippen molar-refractivity contribution < 1.29 is 23.9 Å². The number of nitrogens with zero attached hydrogens (tertiary/aromatic N) is 2. The smallest absolute Gasteiger partial charge is 0.341 e. The minimum absolute atomic E-state index is 0.173. The van der Waals surface area contributed by atoms with Crippen LogP contribution in [0, 0.1) is 0 Å². The summed E-state index contributed by atoms with van der Waals surface area (Å²) in [4.78, 5) is 40.3. The van der Waals surface area contributed by atoms with Crippen molar-refractivity contribution in [2.24, 2.45) is 0 Å². The molecule has 0 amide bonds. The molecule has 0 atom stereocenters. The molecule has 9 heteroatoms. The highest BCUT2D eigenvalue weighted by atomic mass is 79.9. The van der Waals surface area contributed by atoms with E-state index in [4.69, 9.17) is 9.47 Å². The van der Waals surface area contributed by atoms with Gasteiger partial charge in [0.05, 0.1) is 24.6 Å². The molecule has 0 saturated heterocycles. The molecule has 7 nitrogen and oxygen atoms in total. The number of ether oxygens (including phenoxy) is 2. The van der Waals surface area contributed by atoms with E-state index >= 15 is 0 Å². The molecule has 0 fully saturated rings. The zero-order valence-corrected chi connectivity index (χ0v) is 23.5. The Morgan fingerprint density at radius 1 is 0.947 bits per heavy atom. The van der Waals surface area contributed by atoms with Crippen molar-refractivity contribution in [3.05, 3.63) is 104 Å². The summed E-state index contributed by atoms with van der Waals surface area (Å²) in [6.45, 7) is 5.09. The third-order valence-corrected chi connectivity index (χ3v) is 7.00. The fourth-order valence-corrected chi connectivity index (χ4v) is 5.10. The van der Waals surface area contributed by atoms with Crippen LogP contribution >= 0.6 is 27.7 Å². The number of carbonyl (C=O) groups is 3. The first-order valence-corrected chi connectivity index (χ1v) is 13.9. The van der Waals surface area contributed by atoms with Crippen LogP contribution in [0.2, 0.25) is 0 Å². The van der Waals surface area contributed by atoms with Gasteiger partial charge in [0, 0.05) is 29.2 Å². The number of halogens is 1. The van der Waals surface area contributed by atoms with Gasteiger partial charge in [0.2, 0.25) is 5.78 Å². The summed E-state index contributed by atoms with van der Waals surface area (Å²) in [6, 6.07) is 18.5. The molecule has 1 aliphatic heterocycles. The van der Waals surface area contributed by atoms with E-state index in [1.807, 2.05) is 57.3 Å². The van der Waals surface area contributed by atoms with E-state index in [0.29, 0.717) is 42.3 Å². The Morgan fingerprint density at radius 3 is 2.34 bits per heavy atom. The van der Waals surface area contributed by atoms with Crippen LogP contribution in [0.4, 0.5) is 5.82 Å². The molecule has 1 aromatic heterocycles. The summed E-state index contributed by atoms with van der Waals surface area (Å²) in [7, 11) is 0. The van der Waals surface area contributed by atoms with Gasteiger partial charge in [-0.15, -0.1) is 11.8 Å². The molecule has 196 valence electrons. The minimum Gasteiger partial charge on any atom is -0.463 e. The highest BCUT2D eigenvalue weighted by molar-refractivity contribution is 9.10. The standard InChI is InChI=1S/C29H27BrN2O5S/c1-3-36-26(33)14-17-38-19-25(20-8-6-5-7-9-20)32-16-15-31-24(18-23(28(31)32)29(35)37-4-2)27(34)21-10-12-22(30)13-11-21/h5-14,17-19H,3-4,15-16H2,1-2H3/b17-14-,25-19-. The van der Waals surface area contributed by atoms with Gasteiger partial charge in [-0.1, -0.05) is 46.3 Å². The predicted molar refractivity (Wildman–Crippen MR) is 153 cm³/mol. The number of esters is 2. The second kappa shape index (κ2) is 12.8. The largest absolute Gasteiger partial charge is 0.463 e. The fourth-order valence-electron chi connectivity index (χ4n) is 4.18. The first-order chi connectivity index (χ1) is 18.4. The van der Waals surface area contributed by atoms with E-state index in [2.05, 4.69) is 15.9 Å². The summed E-state index contributed by atoms with van der Waals surface area (Å²) in [5.74, 6) is -0.465. The fraction of sp³-hybridized carbons (Fsp3) is 0.207. The number of hydrogen-bond donors (Lipinski definition) is 0. The maximum atomic E-state index is 13.5. The Bertz CT molecular complexity index is 1380. The van der Waals surface area contributed by atoms with Crippen LogP contribution in [0.5, 0.6) is 0 Å². The Kier molecular flexibility index (Phi) is 9.25. The van der Waals surface area contributed by atoms with Crippen LogP contribution < -0.4 is 4.90 Å². The molecule has 4 rings (SSSR count).